The summed E-state index contributed by atoms with van der Waals surface area (Å²) in [6.45, 7) is 1.47. The van der Waals surface area contributed by atoms with Crippen molar-refractivity contribution in [2.45, 2.75) is 6.04 Å². The number of urea groups is 1. The molecule has 8 heteroatoms. The number of pyridine rings is 1. The van der Waals surface area contributed by atoms with Gasteiger partial charge in [0.15, 0.2) is 0 Å². The van der Waals surface area contributed by atoms with Gasteiger partial charge in [-0.25, -0.2) is 9.78 Å². The van der Waals surface area contributed by atoms with Gasteiger partial charge in [-0.15, -0.1) is 0 Å². The molecule has 0 saturated carbocycles. The van der Waals surface area contributed by atoms with Gasteiger partial charge in [-0.2, -0.15) is 0 Å². The third-order valence-corrected chi connectivity index (χ3v) is 3.18. The van der Waals surface area contributed by atoms with Crippen molar-refractivity contribution >= 4 is 23.0 Å². The highest BCUT2D eigenvalue weighted by Gasteiger charge is 2.28. The topological polar surface area (TPSA) is 130 Å². The zero-order valence-electron chi connectivity index (χ0n) is 11.5. The van der Waals surface area contributed by atoms with Gasteiger partial charge in [-0.05, 0) is 18.2 Å². The van der Waals surface area contributed by atoms with Gasteiger partial charge in [0.2, 0.25) is 5.91 Å². The summed E-state index contributed by atoms with van der Waals surface area (Å²) in [4.78, 5) is 30.0. The van der Waals surface area contributed by atoms with Gasteiger partial charge in [0.05, 0.1) is 0 Å². The molecule has 0 aliphatic carbocycles. The number of carbonyl (C=O) groups excluding carboxylic acids is 2. The summed E-state index contributed by atoms with van der Waals surface area (Å²) in [5.41, 5.74) is 11.1. The molecule has 1 saturated heterocycles. The second-order valence-corrected chi connectivity index (χ2v) is 4.57. The number of hydrogen-bond donors (Lipinski definition) is 4. The molecule has 1 atom stereocenters. The Morgan fingerprint density at radius 1 is 1.33 bits per heavy atom. The number of nitrogens with two attached hydrogens (primary N) is 2. The van der Waals surface area contributed by atoms with E-state index in [1.807, 2.05) is 24.4 Å². The summed E-state index contributed by atoms with van der Waals surface area (Å²) in [5, 5.41) is 4.12. The number of rotatable bonds is 1. The summed E-state index contributed by atoms with van der Waals surface area (Å²) in [6.07, 6.45) is 3.66. The Balaban J connectivity index is 0.000000159. The van der Waals surface area contributed by atoms with Gasteiger partial charge >= 0.3 is 6.03 Å². The summed E-state index contributed by atoms with van der Waals surface area (Å²) in [7, 11) is 0. The first kappa shape index (κ1) is 14.8. The van der Waals surface area contributed by atoms with Gasteiger partial charge in [0.1, 0.15) is 11.7 Å². The van der Waals surface area contributed by atoms with Crippen LogP contribution in [0.1, 0.15) is 0 Å². The largest absolute Gasteiger partial charge is 0.368 e. The molecule has 2 aromatic heterocycles. The minimum absolute atomic E-state index is 0.387. The average molecular weight is 290 g/mol. The smallest absolute Gasteiger partial charge is 0.315 e. The minimum atomic E-state index is -0.601. The number of aromatic nitrogens is 2. The number of aromatic amines is 1. The fourth-order valence-corrected chi connectivity index (χ4v) is 2.11. The maximum atomic E-state index is 10.8. The number of nitrogens with zero attached hydrogens (tertiary/aromatic N) is 2. The van der Waals surface area contributed by atoms with Crippen molar-refractivity contribution in [1.82, 2.24) is 20.2 Å². The Labute approximate surface area is 121 Å². The molecular formula is C13H18N6O2. The lowest BCUT2D eigenvalue weighted by Crippen LogP contribution is -2.60. The fourth-order valence-electron chi connectivity index (χ4n) is 2.11. The second kappa shape index (κ2) is 6.71. The monoisotopic (exact) mass is 290 g/mol. The third-order valence-electron chi connectivity index (χ3n) is 3.18. The molecule has 21 heavy (non-hydrogen) atoms. The van der Waals surface area contributed by atoms with E-state index >= 15 is 0 Å². The average Bonchev–Trinajstić information content (AvgIpc) is 2.96. The lowest BCUT2D eigenvalue weighted by atomic mass is 10.2. The van der Waals surface area contributed by atoms with Crippen LogP contribution in [0.2, 0.25) is 0 Å². The number of primary amides is 2. The Kier molecular flexibility index (Phi) is 4.72. The maximum Gasteiger partial charge on any atom is 0.315 e. The van der Waals surface area contributed by atoms with Crippen molar-refractivity contribution in [1.29, 1.82) is 0 Å². The van der Waals surface area contributed by atoms with Crippen LogP contribution in [0.25, 0.3) is 11.0 Å². The van der Waals surface area contributed by atoms with Gasteiger partial charge in [0.25, 0.3) is 0 Å². The highest BCUT2D eigenvalue weighted by atomic mass is 16.2. The first-order valence-electron chi connectivity index (χ1n) is 6.54. The SMILES string of the molecule is NC(=O)C1CNCCN1C(N)=O.c1cnc2[nH]ccc2c1. The molecule has 1 aliphatic heterocycles. The van der Waals surface area contributed by atoms with E-state index in [0.717, 1.165) is 11.0 Å². The lowest BCUT2D eigenvalue weighted by molar-refractivity contribution is -0.122. The van der Waals surface area contributed by atoms with Crippen LogP contribution in [0.5, 0.6) is 0 Å². The van der Waals surface area contributed by atoms with Crippen LogP contribution in [-0.4, -0.2) is 52.5 Å². The van der Waals surface area contributed by atoms with E-state index in [0.29, 0.717) is 19.6 Å². The van der Waals surface area contributed by atoms with Crippen molar-refractivity contribution in [3.05, 3.63) is 30.6 Å². The van der Waals surface area contributed by atoms with Gasteiger partial charge in [-0.1, -0.05) is 0 Å². The van der Waals surface area contributed by atoms with Crippen LogP contribution in [0.3, 0.4) is 0 Å². The first-order chi connectivity index (χ1) is 10.1. The van der Waals surface area contributed by atoms with Crippen LogP contribution >= 0.6 is 0 Å². The number of fused-ring (bicyclic) bond motifs is 1. The van der Waals surface area contributed by atoms with E-state index in [2.05, 4.69) is 15.3 Å². The molecule has 0 radical (unpaired) electrons. The van der Waals surface area contributed by atoms with Crippen molar-refractivity contribution < 1.29 is 9.59 Å². The quantitative estimate of drug-likeness (QED) is 0.558. The molecule has 0 aromatic carbocycles. The predicted molar refractivity (Wildman–Crippen MR) is 78.2 cm³/mol. The summed E-state index contributed by atoms with van der Waals surface area (Å²) >= 11 is 0. The van der Waals surface area contributed by atoms with Crippen molar-refractivity contribution in [2.75, 3.05) is 19.6 Å². The van der Waals surface area contributed by atoms with Gasteiger partial charge in [0, 0.05) is 37.4 Å². The number of nitrogens with one attached hydrogen (secondary N) is 2. The molecule has 1 unspecified atom stereocenters. The zero-order chi connectivity index (χ0) is 15.2. The van der Waals surface area contributed by atoms with Crippen LogP contribution in [0.4, 0.5) is 4.79 Å². The molecule has 0 spiro atoms. The van der Waals surface area contributed by atoms with Crippen molar-refractivity contribution in [3.8, 4) is 0 Å². The van der Waals surface area contributed by atoms with E-state index in [9.17, 15) is 9.59 Å². The van der Waals surface area contributed by atoms with Crippen LogP contribution in [0, 0.1) is 0 Å². The molecule has 112 valence electrons. The summed E-state index contributed by atoms with van der Waals surface area (Å²) in [6, 6.07) is 4.76. The van der Waals surface area contributed by atoms with E-state index in [1.165, 1.54) is 4.90 Å². The minimum Gasteiger partial charge on any atom is -0.368 e. The number of hydrogen-bond acceptors (Lipinski definition) is 4. The van der Waals surface area contributed by atoms with E-state index < -0.39 is 18.0 Å². The number of amides is 3. The van der Waals surface area contributed by atoms with E-state index in [4.69, 9.17) is 11.5 Å². The Morgan fingerprint density at radius 3 is 2.76 bits per heavy atom. The second-order valence-electron chi connectivity index (χ2n) is 4.57. The summed E-state index contributed by atoms with van der Waals surface area (Å²) < 4.78 is 0. The molecule has 3 rings (SSSR count). The number of piperazine rings is 1. The fraction of sp³-hybridized carbons (Fsp3) is 0.308. The van der Waals surface area contributed by atoms with Crippen LogP contribution in [0.15, 0.2) is 30.6 Å². The van der Waals surface area contributed by atoms with E-state index in [-0.39, 0.29) is 0 Å². The Bertz CT molecular complexity index is 574. The normalized spacial score (nSPS) is 17.9. The lowest BCUT2D eigenvalue weighted by Gasteiger charge is -2.32. The Morgan fingerprint density at radius 2 is 2.14 bits per heavy atom. The third kappa shape index (κ3) is 3.69. The molecule has 0 bridgehead atoms. The molecule has 8 nitrogen and oxygen atoms in total. The molecule has 1 aliphatic rings. The molecular weight excluding hydrogens is 272 g/mol. The van der Waals surface area contributed by atoms with Gasteiger partial charge < -0.3 is 26.7 Å². The molecule has 1 fully saturated rings. The van der Waals surface area contributed by atoms with Crippen molar-refractivity contribution in [3.63, 3.8) is 0 Å². The molecule has 3 heterocycles. The Hall–Kier alpha value is -2.61. The standard InChI is InChI=1S/C7H6N2.C6H12N4O2/c1-2-6-3-5-9-7(6)8-4-1;7-5(11)4-3-9-1-2-10(4)6(8)12/h1-5H,(H,8,9);4,9H,1-3H2,(H2,7,11)(H2,8,12). The number of carbonyl (C=O) groups is 2. The van der Waals surface area contributed by atoms with E-state index in [1.54, 1.807) is 6.20 Å². The molecule has 3 amide bonds. The maximum absolute atomic E-state index is 10.8. The number of H-pyrrole nitrogens is 1. The molecule has 2 aromatic rings. The predicted octanol–water partition coefficient (Wildman–Crippen LogP) is -0.613. The van der Waals surface area contributed by atoms with Crippen LogP contribution < -0.4 is 16.8 Å². The molecule has 6 N–H and O–H groups in total. The first-order valence-corrected chi connectivity index (χ1v) is 6.54. The van der Waals surface area contributed by atoms with Gasteiger partial charge in [-0.3, -0.25) is 4.79 Å². The highest BCUT2D eigenvalue weighted by Crippen LogP contribution is 2.05. The van der Waals surface area contributed by atoms with Crippen LogP contribution in [-0.2, 0) is 4.79 Å². The van der Waals surface area contributed by atoms with Crippen molar-refractivity contribution in [2.24, 2.45) is 11.5 Å². The zero-order valence-corrected chi connectivity index (χ0v) is 11.5. The highest BCUT2D eigenvalue weighted by molar-refractivity contribution is 5.85. The summed E-state index contributed by atoms with van der Waals surface area (Å²) in [5.74, 6) is -0.527.